The number of H-pyrrole nitrogens is 1. The molecule has 0 atom stereocenters. The highest BCUT2D eigenvalue weighted by Gasteiger charge is 2.19. The first-order valence-corrected chi connectivity index (χ1v) is 8.80. The zero-order chi connectivity index (χ0) is 16.4. The summed E-state index contributed by atoms with van der Waals surface area (Å²) in [6.07, 6.45) is 2.87. The maximum absolute atomic E-state index is 12.3. The lowest BCUT2D eigenvalue weighted by Crippen LogP contribution is -2.09. The van der Waals surface area contributed by atoms with Gasteiger partial charge in [-0.2, -0.15) is 0 Å². The topological polar surface area (TPSA) is 88.6 Å². The van der Waals surface area contributed by atoms with Gasteiger partial charge in [0.05, 0.1) is 5.69 Å². The molecule has 0 saturated heterocycles. The van der Waals surface area contributed by atoms with Gasteiger partial charge >= 0.3 is 0 Å². The minimum absolute atomic E-state index is 0.0678. The largest absolute Gasteiger partial charge is 0.336 e. The Morgan fingerprint density at radius 2 is 1.91 bits per heavy atom. The molecule has 1 aromatic carbocycles. The van der Waals surface area contributed by atoms with Gasteiger partial charge in [0, 0.05) is 28.7 Å². The molecule has 0 saturated carbocycles. The first-order valence-electron chi connectivity index (χ1n) is 6.77. The molecule has 0 bridgehead atoms. The van der Waals surface area contributed by atoms with Crippen LogP contribution in [-0.2, 0) is 15.6 Å². The summed E-state index contributed by atoms with van der Waals surface area (Å²) >= 11 is 5.88. The standard InChI is InChI=1S/C15H13ClN4O2S/c1-10-8-13(9-23(21,22)15-17-6-7-18-15)20-14(19-10)11-2-4-12(16)5-3-11/h2-8H,9H2,1H3,(H,17,18). The average molecular weight is 349 g/mol. The molecule has 23 heavy (non-hydrogen) atoms. The van der Waals surface area contributed by atoms with E-state index >= 15 is 0 Å². The zero-order valence-electron chi connectivity index (χ0n) is 12.2. The predicted octanol–water partition coefficient (Wildman–Crippen LogP) is 2.80. The van der Waals surface area contributed by atoms with Crippen LogP contribution in [-0.4, -0.2) is 28.4 Å². The highest BCUT2D eigenvalue weighted by atomic mass is 35.5. The van der Waals surface area contributed by atoms with Gasteiger partial charge in [0.2, 0.25) is 15.0 Å². The summed E-state index contributed by atoms with van der Waals surface area (Å²) in [6.45, 7) is 1.80. The van der Waals surface area contributed by atoms with E-state index in [1.54, 1.807) is 37.3 Å². The van der Waals surface area contributed by atoms with Crippen LogP contribution in [0.4, 0.5) is 0 Å². The Morgan fingerprint density at radius 1 is 1.17 bits per heavy atom. The first-order chi connectivity index (χ1) is 10.9. The van der Waals surface area contributed by atoms with E-state index in [0.29, 0.717) is 22.2 Å². The number of nitrogens with one attached hydrogen (secondary N) is 1. The number of aromatic nitrogens is 4. The van der Waals surface area contributed by atoms with Crippen molar-refractivity contribution in [2.24, 2.45) is 0 Å². The molecule has 0 radical (unpaired) electrons. The Kier molecular flexibility index (Phi) is 4.14. The van der Waals surface area contributed by atoms with Crippen LogP contribution in [0.15, 0.2) is 47.9 Å². The number of nitrogens with zero attached hydrogens (tertiary/aromatic N) is 3. The first kappa shape index (κ1) is 15.6. The summed E-state index contributed by atoms with van der Waals surface area (Å²) in [4.78, 5) is 15.1. The van der Waals surface area contributed by atoms with Crippen molar-refractivity contribution in [2.75, 3.05) is 0 Å². The number of halogens is 1. The van der Waals surface area contributed by atoms with Crippen molar-refractivity contribution in [3.05, 3.63) is 59.1 Å². The number of imidazole rings is 1. The number of hydrogen-bond donors (Lipinski definition) is 1. The lowest BCUT2D eigenvalue weighted by Gasteiger charge is -2.06. The van der Waals surface area contributed by atoms with E-state index in [4.69, 9.17) is 11.6 Å². The second-order valence-electron chi connectivity index (χ2n) is 4.98. The molecule has 0 fully saturated rings. The van der Waals surface area contributed by atoms with Crippen LogP contribution in [0.3, 0.4) is 0 Å². The normalized spacial score (nSPS) is 11.6. The van der Waals surface area contributed by atoms with Gasteiger partial charge in [-0.05, 0) is 37.3 Å². The van der Waals surface area contributed by atoms with Gasteiger partial charge in [-0.3, -0.25) is 0 Å². The number of aryl methyl sites for hydroxylation is 1. The molecule has 0 aliphatic heterocycles. The second-order valence-corrected chi connectivity index (χ2v) is 7.33. The van der Waals surface area contributed by atoms with Crippen LogP contribution in [0.1, 0.15) is 11.4 Å². The van der Waals surface area contributed by atoms with E-state index < -0.39 is 9.84 Å². The minimum Gasteiger partial charge on any atom is -0.336 e. The van der Waals surface area contributed by atoms with Gasteiger partial charge in [0.15, 0.2) is 5.82 Å². The quantitative estimate of drug-likeness (QED) is 0.783. The zero-order valence-corrected chi connectivity index (χ0v) is 13.8. The summed E-state index contributed by atoms with van der Waals surface area (Å²) < 4.78 is 24.6. The maximum Gasteiger partial charge on any atom is 0.225 e. The molecule has 1 N–H and O–H groups in total. The molecular weight excluding hydrogens is 336 g/mol. The highest BCUT2D eigenvalue weighted by Crippen LogP contribution is 2.20. The summed E-state index contributed by atoms with van der Waals surface area (Å²) in [7, 11) is -3.57. The van der Waals surface area contributed by atoms with Gasteiger partial charge in [0.1, 0.15) is 5.75 Å². The van der Waals surface area contributed by atoms with Gasteiger partial charge < -0.3 is 4.98 Å². The van der Waals surface area contributed by atoms with Crippen molar-refractivity contribution in [3.8, 4) is 11.4 Å². The molecule has 0 unspecified atom stereocenters. The predicted molar refractivity (Wildman–Crippen MR) is 86.7 cm³/mol. The molecule has 8 heteroatoms. The summed E-state index contributed by atoms with van der Waals surface area (Å²) in [5, 5.41) is 0.545. The Morgan fingerprint density at radius 3 is 2.57 bits per heavy atom. The van der Waals surface area contributed by atoms with E-state index in [9.17, 15) is 8.42 Å². The maximum atomic E-state index is 12.3. The van der Waals surface area contributed by atoms with Gasteiger partial charge in [-0.1, -0.05) is 11.6 Å². The molecule has 0 amide bonds. The lowest BCUT2D eigenvalue weighted by molar-refractivity contribution is 0.587. The van der Waals surface area contributed by atoms with Crippen LogP contribution in [0, 0.1) is 6.92 Å². The Labute approximate surface area is 138 Å². The SMILES string of the molecule is Cc1cc(CS(=O)(=O)c2ncc[nH]2)nc(-c2ccc(Cl)cc2)n1. The highest BCUT2D eigenvalue weighted by molar-refractivity contribution is 7.90. The monoisotopic (exact) mass is 348 g/mol. The van der Waals surface area contributed by atoms with Gasteiger partial charge in [-0.15, -0.1) is 0 Å². The number of aromatic amines is 1. The fourth-order valence-corrected chi connectivity index (χ4v) is 3.39. The average Bonchev–Trinajstić information content (AvgIpc) is 3.02. The molecule has 118 valence electrons. The van der Waals surface area contributed by atoms with Crippen LogP contribution in [0.2, 0.25) is 5.02 Å². The molecule has 0 aliphatic carbocycles. The molecule has 0 aliphatic rings. The fourth-order valence-electron chi connectivity index (χ4n) is 2.12. The van der Waals surface area contributed by atoms with Crippen molar-refractivity contribution >= 4 is 21.4 Å². The molecule has 3 aromatic rings. The second kappa shape index (κ2) is 6.10. The van der Waals surface area contributed by atoms with Crippen molar-refractivity contribution in [3.63, 3.8) is 0 Å². The Balaban J connectivity index is 1.97. The third-order valence-corrected chi connectivity index (χ3v) is 4.86. The van der Waals surface area contributed by atoms with Crippen molar-refractivity contribution in [1.82, 2.24) is 19.9 Å². The van der Waals surface area contributed by atoms with Crippen LogP contribution < -0.4 is 0 Å². The molecular formula is C15H13ClN4O2S. The van der Waals surface area contributed by atoms with Crippen LogP contribution in [0.5, 0.6) is 0 Å². The number of hydrogen-bond acceptors (Lipinski definition) is 5. The van der Waals surface area contributed by atoms with Crippen molar-refractivity contribution in [1.29, 1.82) is 0 Å². The van der Waals surface area contributed by atoms with Gasteiger partial charge in [-0.25, -0.2) is 23.4 Å². The van der Waals surface area contributed by atoms with Crippen molar-refractivity contribution in [2.45, 2.75) is 17.8 Å². The molecule has 3 rings (SSSR count). The van der Waals surface area contributed by atoms with E-state index in [1.165, 1.54) is 12.4 Å². The van der Waals surface area contributed by atoms with E-state index in [2.05, 4.69) is 19.9 Å². The summed E-state index contributed by atoms with van der Waals surface area (Å²) in [6, 6.07) is 8.72. The van der Waals surface area contributed by atoms with E-state index in [0.717, 1.165) is 5.56 Å². The lowest BCUT2D eigenvalue weighted by atomic mass is 10.2. The Hall–Kier alpha value is -2.25. The minimum atomic E-state index is -3.57. The molecule has 0 spiro atoms. The fraction of sp³-hybridized carbons (Fsp3) is 0.133. The van der Waals surface area contributed by atoms with Crippen LogP contribution >= 0.6 is 11.6 Å². The summed E-state index contributed by atoms with van der Waals surface area (Å²) in [5.41, 5.74) is 1.88. The number of benzene rings is 1. The number of sulfone groups is 1. The number of rotatable bonds is 4. The third kappa shape index (κ3) is 3.57. The molecule has 6 nitrogen and oxygen atoms in total. The van der Waals surface area contributed by atoms with Gasteiger partial charge in [0.25, 0.3) is 0 Å². The molecule has 2 aromatic heterocycles. The van der Waals surface area contributed by atoms with E-state index in [1.807, 2.05) is 0 Å². The summed E-state index contributed by atoms with van der Waals surface area (Å²) in [5.74, 6) is 0.219. The third-order valence-electron chi connectivity index (χ3n) is 3.12. The van der Waals surface area contributed by atoms with E-state index in [-0.39, 0.29) is 10.9 Å². The molecule has 2 heterocycles. The van der Waals surface area contributed by atoms with Crippen molar-refractivity contribution < 1.29 is 8.42 Å². The van der Waals surface area contributed by atoms with Crippen LogP contribution in [0.25, 0.3) is 11.4 Å². The smallest absolute Gasteiger partial charge is 0.225 e. The Bertz CT molecular complexity index is 923.